The highest BCUT2D eigenvalue weighted by Crippen LogP contribution is 2.22. The summed E-state index contributed by atoms with van der Waals surface area (Å²) in [5, 5.41) is 3.19. The molecule has 1 rings (SSSR count). The average Bonchev–Trinajstić information content (AvgIpc) is 1.99. The topological polar surface area (TPSA) is 63.8 Å². The predicted molar refractivity (Wildman–Crippen MR) is 45.3 cm³/mol. The lowest BCUT2D eigenvalue weighted by molar-refractivity contribution is 1.15. The summed E-state index contributed by atoms with van der Waals surface area (Å²) < 4.78 is 0. The van der Waals surface area contributed by atoms with Gasteiger partial charge in [-0.1, -0.05) is 11.6 Å². The molecule has 0 saturated carbocycles. The molecule has 59 valence electrons. The highest BCUT2D eigenvalue weighted by atomic mass is 35.5. The molecule has 0 bridgehead atoms. The predicted octanol–water partition coefficient (Wildman–Crippen LogP) is 0.958. The second-order valence-corrected chi connectivity index (χ2v) is 2.23. The lowest BCUT2D eigenvalue weighted by Crippen LogP contribution is -2.03. The molecule has 0 aliphatic carbocycles. The first-order valence-electron chi connectivity index (χ1n) is 3.04. The molecule has 0 unspecified atom stereocenters. The van der Waals surface area contributed by atoms with E-state index in [1.807, 2.05) is 0 Å². The molecule has 1 radical (unpaired) electrons. The zero-order valence-corrected chi connectivity index (χ0v) is 6.60. The van der Waals surface area contributed by atoms with Crippen molar-refractivity contribution in [2.75, 3.05) is 17.6 Å². The van der Waals surface area contributed by atoms with Crippen LogP contribution in [0, 0.1) is 6.92 Å². The van der Waals surface area contributed by atoms with E-state index in [0.29, 0.717) is 17.4 Å². The molecule has 0 aliphatic heterocycles. The number of nitrogens with two attached hydrogens (primary N) is 1. The van der Waals surface area contributed by atoms with Crippen LogP contribution in [0.5, 0.6) is 0 Å². The van der Waals surface area contributed by atoms with Crippen molar-refractivity contribution in [3.05, 3.63) is 18.3 Å². The van der Waals surface area contributed by atoms with Crippen LogP contribution in [-0.4, -0.2) is 16.5 Å². The number of rotatable bonds is 2. The number of hydrogen-bond donors (Lipinski definition) is 2. The zero-order chi connectivity index (χ0) is 8.27. The first kappa shape index (κ1) is 8.07. The number of nitrogens with zero attached hydrogens (tertiary/aromatic N) is 2. The second-order valence-electron chi connectivity index (χ2n) is 1.85. The highest BCUT2D eigenvalue weighted by molar-refractivity contribution is 6.35. The van der Waals surface area contributed by atoms with Crippen LogP contribution in [0.25, 0.3) is 0 Å². The Morgan fingerprint density at radius 2 is 2.36 bits per heavy atom. The Hall–Kier alpha value is -1.03. The molecule has 0 saturated heterocycles. The lowest BCUT2D eigenvalue weighted by atomic mass is 10.5. The van der Waals surface area contributed by atoms with E-state index in [4.69, 9.17) is 17.3 Å². The van der Waals surface area contributed by atoms with E-state index in [2.05, 4.69) is 22.2 Å². The van der Waals surface area contributed by atoms with Crippen LogP contribution in [0.3, 0.4) is 0 Å². The maximum atomic E-state index is 5.73. The van der Waals surface area contributed by atoms with Gasteiger partial charge in [0.05, 0.1) is 0 Å². The number of hydrogen-bond acceptors (Lipinski definition) is 4. The molecule has 0 atom stereocenters. The van der Waals surface area contributed by atoms with Crippen molar-refractivity contribution in [1.29, 1.82) is 0 Å². The van der Waals surface area contributed by atoms with Gasteiger partial charge in [0.25, 0.3) is 0 Å². The minimum Gasteiger partial charge on any atom is -0.382 e. The van der Waals surface area contributed by atoms with E-state index in [-0.39, 0.29) is 5.82 Å². The van der Waals surface area contributed by atoms with Crippen molar-refractivity contribution < 1.29 is 0 Å². The van der Waals surface area contributed by atoms with E-state index >= 15 is 0 Å². The molecule has 0 aromatic carbocycles. The quantitative estimate of drug-likeness (QED) is 0.696. The van der Waals surface area contributed by atoms with Crippen molar-refractivity contribution in [2.45, 2.75) is 0 Å². The molecule has 1 aromatic rings. The Morgan fingerprint density at radius 3 is 3.00 bits per heavy atom. The van der Waals surface area contributed by atoms with Crippen molar-refractivity contribution in [1.82, 2.24) is 9.97 Å². The van der Waals surface area contributed by atoms with Gasteiger partial charge in [0.15, 0.2) is 0 Å². The monoisotopic (exact) mass is 171 g/mol. The van der Waals surface area contributed by atoms with Gasteiger partial charge >= 0.3 is 0 Å². The summed E-state index contributed by atoms with van der Waals surface area (Å²) >= 11 is 5.73. The van der Waals surface area contributed by atoms with Crippen LogP contribution in [-0.2, 0) is 0 Å². The molecule has 1 aromatic heterocycles. The van der Waals surface area contributed by atoms with E-state index < -0.39 is 0 Å². The molecule has 1 heterocycles. The van der Waals surface area contributed by atoms with Gasteiger partial charge < -0.3 is 11.1 Å². The van der Waals surface area contributed by atoms with Crippen LogP contribution in [0.4, 0.5) is 11.6 Å². The number of anilines is 2. The third-order valence-corrected chi connectivity index (χ3v) is 1.48. The Kier molecular flexibility index (Phi) is 2.48. The smallest absolute Gasteiger partial charge is 0.150 e. The number of nitrogen functional groups attached to an aromatic ring is 1. The lowest BCUT2D eigenvalue weighted by Gasteiger charge is -2.04. The SMILES string of the molecule is [CH2]CNc1ncnc(N)c1Cl. The number of nitrogens with one attached hydrogen (secondary N) is 1. The maximum Gasteiger partial charge on any atom is 0.150 e. The first-order chi connectivity index (χ1) is 5.25. The fourth-order valence-corrected chi connectivity index (χ4v) is 0.790. The van der Waals surface area contributed by atoms with Gasteiger partial charge in [-0.15, -0.1) is 0 Å². The highest BCUT2D eigenvalue weighted by Gasteiger charge is 2.03. The number of halogens is 1. The molecular weight excluding hydrogens is 164 g/mol. The van der Waals surface area contributed by atoms with Crippen molar-refractivity contribution in [3.8, 4) is 0 Å². The van der Waals surface area contributed by atoms with Gasteiger partial charge in [-0.05, 0) is 6.92 Å². The van der Waals surface area contributed by atoms with Crippen molar-refractivity contribution in [2.24, 2.45) is 0 Å². The largest absolute Gasteiger partial charge is 0.382 e. The van der Waals surface area contributed by atoms with Crippen LogP contribution in [0.1, 0.15) is 0 Å². The molecule has 0 amide bonds. The molecule has 4 nitrogen and oxygen atoms in total. The summed E-state index contributed by atoms with van der Waals surface area (Å²) in [6, 6.07) is 0. The molecular formula is C6H8ClN4. The van der Waals surface area contributed by atoms with Gasteiger partial charge in [0.1, 0.15) is 23.0 Å². The van der Waals surface area contributed by atoms with E-state index in [1.54, 1.807) is 0 Å². The van der Waals surface area contributed by atoms with Gasteiger partial charge in [-0.25, -0.2) is 9.97 Å². The standard InChI is InChI=1S/C6H8ClN4/c1-2-9-6-4(7)5(8)10-3-11-6/h3H,1-2H2,(H3,8,9,10,11). The normalized spacial score (nSPS) is 9.64. The summed E-state index contributed by atoms with van der Waals surface area (Å²) in [7, 11) is 0. The fourth-order valence-electron chi connectivity index (χ4n) is 0.625. The fraction of sp³-hybridized carbons (Fsp3) is 0.167. The second kappa shape index (κ2) is 3.39. The molecule has 0 fully saturated rings. The molecule has 5 heteroatoms. The van der Waals surface area contributed by atoms with Gasteiger partial charge in [0, 0.05) is 6.54 Å². The summed E-state index contributed by atoms with van der Waals surface area (Å²) in [6.45, 7) is 4.09. The maximum absolute atomic E-state index is 5.73. The van der Waals surface area contributed by atoms with Gasteiger partial charge in [-0.2, -0.15) is 0 Å². The van der Waals surface area contributed by atoms with Crippen LogP contribution in [0.15, 0.2) is 6.33 Å². The van der Waals surface area contributed by atoms with E-state index in [0.717, 1.165) is 0 Å². The Labute approximate surface area is 69.8 Å². The van der Waals surface area contributed by atoms with Gasteiger partial charge in [-0.3, -0.25) is 0 Å². The Morgan fingerprint density at radius 1 is 1.64 bits per heavy atom. The Bertz CT molecular complexity index is 250. The minimum atomic E-state index is 0.276. The van der Waals surface area contributed by atoms with Crippen LogP contribution in [0.2, 0.25) is 5.02 Å². The van der Waals surface area contributed by atoms with Crippen LogP contribution >= 0.6 is 11.6 Å². The molecule has 0 aliphatic rings. The van der Waals surface area contributed by atoms with E-state index in [9.17, 15) is 0 Å². The number of aromatic nitrogens is 2. The summed E-state index contributed by atoms with van der Waals surface area (Å²) in [6.07, 6.45) is 1.35. The molecule has 11 heavy (non-hydrogen) atoms. The first-order valence-corrected chi connectivity index (χ1v) is 3.42. The van der Waals surface area contributed by atoms with Crippen molar-refractivity contribution in [3.63, 3.8) is 0 Å². The van der Waals surface area contributed by atoms with Gasteiger partial charge in [0.2, 0.25) is 0 Å². The zero-order valence-electron chi connectivity index (χ0n) is 5.84. The third kappa shape index (κ3) is 1.71. The third-order valence-electron chi connectivity index (χ3n) is 1.11. The Balaban J connectivity index is 2.96. The molecule has 3 N–H and O–H groups in total. The summed E-state index contributed by atoms with van der Waals surface area (Å²) in [5.74, 6) is 0.798. The van der Waals surface area contributed by atoms with Crippen molar-refractivity contribution >= 4 is 23.2 Å². The minimum absolute atomic E-state index is 0.276. The summed E-state index contributed by atoms with van der Waals surface area (Å²) in [5.41, 5.74) is 5.41. The average molecular weight is 172 g/mol. The van der Waals surface area contributed by atoms with Crippen LogP contribution < -0.4 is 11.1 Å². The summed E-state index contributed by atoms with van der Waals surface area (Å²) in [4.78, 5) is 7.55. The van der Waals surface area contributed by atoms with E-state index in [1.165, 1.54) is 6.33 Å². The molecule has 0 spiro atoms.